The van der Waals surface area contributed by atoms with E-state index in [1.165, 1.54) is 0 Å². The first kappa shape index (κ1) is 25.3. The summed E-state index contributed by atoms with van der Waals surface area (Å²) in [5.74, 6) is -0.000898. The van der Waals surface area contributed by atoms with Crippen molar-refractivity contribution in [2.24, 2.45) is 17.8 Å². The number of ether oxygens (including phenoxy) is 1. The quantitative estimate of drug-likeness (QED) is 0.334. The van der Waals surface area contributed by atoms with E-state index in [1.807, 2.05) is 0 Å². The van der Waals surface area contributed by atoms with Gasteiger partial charge in [0.1, 0.15) is 0 Å². The Balaban J connectivity index is 1.82. The summed E-state index contributed by atoms with van der Waals surface area (Å²) in [5.41, 5.74) is -6.35. The zero-order chi connectivity index (χ0) is 23.5. The lowest BCUT2D eigenvalue weighted by Crippen LogP contribution is -2.68. The topological polar surface area (TPSA) is 38.7 Å². The third-order valence-electron chi connectivity index (χ3n) is 8.65. The van der Waals surface area contributed by atoms with Gasteiger partial charge in [-0.05, 0) is 74.9 Å². The van der Waals surface area contributed by atoms with E-state index in [9.17, 15) is 31.4 Å². The molecule has 31 heavy (non-hydrogen) atoms. The van der Waals surface area contributed by atoms with Crippen LogP contribution < -0.4 is 0 Å². The van der Waals surface area contributed by atoms with E-state index in [0.717, 1.165) is 24.6 Å². The second kappa shape index (κ2) is 7.87. The first-order valence-corrected chi connectivity index (χ1v) is 13.8. The first-order valence-electron chi connectivity index (χ1n) is 11.3. The van der Waals surface area contributed by atoms with E-state index in [2.05, 4.69) is 20.8 Å². The van der Waals surface area contributed by atoms with Gasteiger partial charge >= 0.3 is 12.4 Å². The SMILES string of the molecule is CC[Si](CC)(CC)OC12CC3CC(C1)C(C)(OCC(O)(C(F)(F)F)C(F)(F)F)C(C3)C2. The fourth-order valence-corrected chi connectivity index (χ4v) is 9.59. The Hall–Kier alpha value is -0.323. The predicted molar refractivity (Wildman–Crippen MR) is 106 cm³/mol. The fraction of sp³-hybridized carbons (Fsp3) is 1.00. The maximum atomic E-state index is 13.1. The Morgan fingerprint density at radius 2 is 1.32 bits per heavy atom. The van der Waals surface area contributed by atoms with Crippen LogP contribution in [0.15, 0.2) is 0 Å². The van der Waals surface area contributed by atoms with Crippen LogP contribution in [0.2, 0.25) is 18.1 Å². The van der Waals surface area contributed by atoms with Gasteiger partial charge in [0.15, 0.2) is 8.32 Å². The molecule has 0 radical (unpaired) electrons. The Bertz CT molecular complexity index is 622. The van der Waals surface area contributed by atoms with Crippen LogP contribution in [0.3, 0.4) is 0 Å². The maximum absolute atomic E-state index is 13.1. The average Bonchev–Trinajstić information content (AvgIpc) is 2.66. The van der Waals surface area contributed by atoms with Crippen molar-refractivity contribution in [2.45, 2.75) is 107 Å². The molecule has 0 saturated heterocycles. The highest BCUT2D eigenvalue weighted by Crippen LogP contribution is 2.63. The van der Waals surface area contributed by atoms with Crippen molar-refractivity contribution in [3.8, 4) is 0 Å². The van der Waals surface area contributed by atoms with E-state index in [1.54, 1.807) is 6.92 Å². The van der Waals surface area contributed by atoms with Gasteiger partial charge in [-0.1, -0.05) is 20.8 Å². The van der Waals surface area contributed by atoms with Crippen molar-refractivity contribution in [2.75, 3.05) is 6.61 Å². The fourth-order valence-electron chi connectivity index (χ4n) is 6.49. The standard InChI is InChI=1S/C21H34F6O3Si/c1-5-31(6-2,7-3)30-18-10-14-8-15(11-18)17(4,16(9-14)12-18)29-13-19(28,20(22,23)24)21(25,26)27/h14-16,28H,5-13H2,1-4H3. The molecule has 0 heterocycles. The molecule has 0 amide bonds. The summed E-state index contributed by atoms with van der Waals surface area (Å²) >= 11 is 0. The molecular weight excluding hydrogens is 442 g/mol. The van der Waals surface area contributed by atoms with E-state index < -0.39 is 38.5 Å². The van der Waals surface area contributed by atoms with Crippen LogP contribution >= 0.6 is 0 Å². The summed E-state index contributed by atoms with van der Waals surface area (Å²) in [5, 5.41) is 9.56. The molecular formula is C21H34F6O3Si. The minimum Gasteiger partial charge on any atom is -0.411 e. The third kappa shape index (κ3) is 4.08. The van der Waals surface area contributed by atoms with Crippen LogP contribution in [0, 0.1) is 17.8 Å². The summed E-state index contributed by atoms with van der Waals surface area (Å²) in [7, 11) is -1.93. The third-order valence-corrected chi connectivity index (χ3v) is 13.4. The molecule has 0 aromatic rings. The molecule has 1 N–H and O–H groups in total. The van der Waals surface area contributed by atoms with E-state index in [0.29, 0.717) is 31.6 Å². The monoisotopic (exact) mass is 476 g/mol. The number of rotatable bonds is 8. The van der Waals surface area contributed by atoms with Crippen molar-refractivity contribution in [3.63, 3.8) is 0 Å². The van der Waals surface area contributed by atoms with Crippen LogP contribution in [0.25, 0.3) is 0 Å². The number of aliphatic hydroxyl groups is 1. The number of halogens is 6. The lowest BCUT2D eigenvalue weighted by molar-refractivity contribution is -0.388. The normalized spacial score (nSPS) is 36.3. The molecule has 0 aliphatic heterocycles. The van der Waals surface area contributed by atoms with E-state index in [4.69, 9.17) is 9.16 Å². The molecule has 0 aromatic heterocycles. The summed E-state index contributed by atoms with van der Waals surface area (Å²) in [6.07, 6.45) is -8.19. The molecule has 4 aliphatic rings. The van der Waals surface area contributed by atoms with Crippen molar-refractivity contribution < 1.29 is 40.6 Å². The second-order valence-electron chi connectivity index (χ2n) is 10.2. The zero-order valence-corrected chi connectivity index (χ0v) is 19.6. The highest BCUT2D eigenvalue weighted by molar-refractivity contribution is 6.73. The van der Waals surface area contributed by atoms with Crippen LogP contribution in [-0.4, -0.2) is 49.2 Å². The van der Waals surface area contributed by atoms with Gasteiger partial charge in [0, 0.05) is 0 Å². The van der Waals surface area contributed by atoms with Crippen molar-refractivity contribution in [1.29, 1.82) is 0 Å². The van der Waals surface area contributed by atoms with Gasteiger partial charge in [0.05, 0.1) is 17.8 Å². The molecule has 10 heteroatoms. The second-order valence-corrected chi connectivity index (χ2v) is 14.9. The molecule has 2 unspecified atom stereocenters. The molecule has 182 valence electrons. The number of hydrogen-bond acceptors (Lipinski definition) is 3. The minimum atomic E-state index is -5.87. The van der Waals surface area contributed by atoms with Gasteiger partial charge in [0.25, 0.3) is 5.60 Å². The molecule has 0 aromatic carbocycles. The van der Waals surface area contributed by atoms with Gasteiger partial charge in [-0.15, -0.1) is 0 Å². The van der Waals surface area contributed by atoms with Crippen molar-refractivity contribution in [1.82, 2.24) is 0 Å². The molecule has 4 aliphatic carbocycles. The Morgan fingerprint density at radius 1 is 0.871 bits per heavy atom. The van der Waals surface area contributed by atoms with Crippen LogP contribution in [-0.2, 0) is 9.16 Å². The number of alkyl halides is 6. The highest BCUT2D eigenvalue weighted by atomic mass is 28.4. The van der Waals surface area contributed by atoms with E-state index >= 15 is 0 Å². The van der Waals surface area contributed by atoms with Crippen molar-refractivity contribution in [3.05, 3.63) is 0 Å². The highest BCUT2D eigenvalue weighted by Gasteiger charge is 2.72. The lowest BCUT2D eigenvalue weighted by Gasteiger charge is -2.65. The van der Waals surface area contributed by atoms with Crippen molar-refractivity contribution >= 4 is 8.32 Å². The van der Waals surface area contributed by atoms with Gasteiger partial charge in [-0.3, -0.25) is 0 Å². The Morgan fingerprint density at radius 3 is 1.71 bits per heavy atom. The molecule has 4 saturated carbocycles. The molecule has 3 nitrogen and oxygen atoms in total. The first-order chi connectivity index (χ1) is 14.1. The van der Waals surface area contributed by atoms with Crippen LogP contribution in [0.4, 0.5) is 26.3 Å². The molecule has 4 bridgehead atoms. The summed E-state index contributed by atoms with van der Waals surface area (Å²) in [6, 6.07) is 2.96. The summed E-state index contributed by atoms with van der Waals surface area (Å²) < 4.78 is 91.2. The van der Waals surface area contributed by atoms with Gasteiger partial charge in [-0.2, -0.15) is 26.3 Å². The largest absolute Gasteiger partial charge is 0.428 e. The van der Waals surface area contributed by atoms with Gasteiger partial charge in [-0.25, -0.2) is 0 Å². The lowest BCUT2D eigenvalue weighted by atomic mass is 9.48. The Labute approximate surface area is 181 Å². The average molecular weight is 477 g/mol. The summed E-state index contributed by atoms with van der Waals surface area (Å²) in [4.78, 5) is 0. The molecule has 2 atom stereocenters. The minimum absolute atomic E-state index is 0.179. The number of hydrogen-bond donors (Lipinski definition) is 1. The van der Waals surface area contributed by atoms with E-state index in [-0.39, 0.29) is 17.4 Å². The molecule has 0 spiro atoms. The molecule has 4 rings (SSSR count). The maximum Gasteiger partial charge on any atom is 0.428 e. The zero-order valence-electron chi connectivity index (χ0n) is 18.6. The van der Waals surface area contributed by atoms with Crippen LogP contribution in [0.5, 0.6) is 0 Å². The smallest absolute Gasteiger partial charge is 0.411 e. The van der Waals surface area contributed by atoms with Gasteiger partial charge in [0.2, 0.25) is 0 Å². The van der Waals surface area contributed by atoms with Crippen LogP contribution in [0.1, 0.15) is 59.8 Å². The predicted octanol–water partition coefficient (Wildman–Crippen LogP) is 6.22. The molecule has 4 fully saturated rings. The Kier molecular flexibility index (Phi) is 6.43. The van der Waals surface area contributed by atoms with Gasteiger partial charge < -0.3 is 14.3 Å². The summed E-state index contributed by atoms with van der Waals surface area (Å²) in [6.45, 7) is 6.22.